The van der Waals surface area contributed by atoms with Gasteiger partial charge in [-0.2, -0.15) is 0 Å². The minimum Gasteiger partial charge on any atom is -0.454 e. The molecule has 3 amide bonds. The first-order valence-electron chi connectivity index (χ1n) is 29.6. The van der Waals surface area contributed by atoms with Crippen LogP contribution < -0.4 is 0 Å². The Labute approximate surface area is 531 Å². The predicted octanol–water partition coefficient (Wildman–Crippen LogP) is 9.28. The van der Waals surface area contributed by atoms with Crippen molar-refractivity contribution in [1.29, 1.82) is 0 Å². The second-order valence-electron chi connectivity index (χ2n) is 29.3. The molecule has 0 atom stereocenters. The first kappa shape index (κ1) is 84.1. The van der Waals surface area contributed by atoms with Gasteiger partial charge in [0.15, 0.2) is 28.7 Å². The number of carbonyl (C=O) groups excluding carboxylic acids is 12. The summed E-state index contributed by atoms with van der Waals surface area (Å²) in [5.74, 6) is -4.53. The van der Waals surface area contributed by atoms with Crippen LogP contribution in [-0.4, -0.2) is 160 Å². The number of hydrogen-bond acceptors (Lipinski definition) is 15. The number of nitrogens with zero attached hydrogens (tertiary/aromatic N) is 3. The summed E-state index contributed by atoms with van der Waals surface area (Å²) >= 11 is 0. The van der Waals surface area contributed by atoms with E-state index in [1.807, 2.05) is 65.8 Å². The van der Waals surface area contributed by atoms with Crippen molar-refractivity contribution < 1.29 is 71.7 Å². The van der Waals surface area contributed by atoms with Gasteiger partial charge < -0.3 is 28.9 Å². The van der Waals surface area contributed by atoms with E-state index in [-0.39, 0.29) is 79.4 Å². The molecule has 18 nitrogen and oxygen atoms in total. The highest BCUT2D eigenvalue weighted by molar-refractivity contribution is 6.12. The van der Waals surface area contributed by atoms with Crippen LogP contribution in [0.25, 0.3) is 0 Å². The Morgan fingerprint density at radius 2 is 0.636 bits per heavy atom. The van der Waals surface area contributed by atoms with Crippen LogP contribution in [-0.2, 0) is 82.8 Å². The number of hydrogen-bond donors (Lipinski definition) is 0. The minimum absolute atomic E-state index is 0.0105. The fourth-order valence-electron chi connectivity index (χ4n) is 8.44. The minimum atomic E-state index is -1.47. The molecule has 0 bridgehead atoms. The first-order chi connectivity index (χ1) is 39.1. The highest BCUT2D eigenvalue weighted by atomic mass is 16.6. The monoisotopic (exact) mass is 1230 g/mol. The molecule has 0 spiro atoms. The van der Waals surface area contributed by atoms with Crippen molar-refractivity contribution in [3.8, 4) is 0 Å². The topological polar surface area (TPSA) is 242 Å². The van der Waals surface area contributed by atoms with Gasteiger partial charge in [0.1, 0.15) is 39.0 Å². The summed E-state index contributed by atoms with van der Waals surface area (Å²) in [6.07, 6.45) is -0.284. The van der Waals surface area contributed by atoms with E-state index in [1.54, 1.807) is 90.4 Å². The second kappa shape index (κ2) is 30.7. The quantitative estimate of drug-likeness (QED) is 0.0250. The summed E-state index contributed by atoms with van der Waals surface area (Å²) in [6.45, 7) is 44.0. The molecule has 21 heteroatoms. The lowest BCUT2D eigenvalue weighted by molar-refractivity contribution is -0.174. The van der Waals surface area contributed by atoms with Gasteiger partial charge in [-0.05, 0) is 181 Å². The molecule has 488 valence electrons. The molecule has 0 unspecified atom stereocenters. The molecular weight excluding hydrogens is 1120 g/mol. The number of rotatable bonds is 28. The Kier molecular flexibility index (Phi) is 29.3. The second-order valence-corrected chi connectivity index (χ2v) is 29.3. The van der Waals surface area contributed by atoms with Gasteiger partial charge in [0.05, 0.1) is 39.8 Å². The number of esters is 3. The molecule has 1 aromatic rings. The van der Waals surface area contributed by atoms with Crippen LogP contribution in [0.5, 0.6) is 0 Å². The van der Waals surface area contributed by atoms with Crippen LogP contribution in [0.3, 0.4) is 0 Å². The number of allylic oxidation sites excluding steroid dienone is 1. The standard InChI is InChI=1S/C26H38BNO5.C24H40BNO5.C17H28BNO5/c1-17(29)24(4,5)18-13-11-12-14-19(18)26(8,9)33-22(32)25(6,7)20(30)15-23(2,3)21(31)28(10)16-27;1-15(22(6,7)17(3)27)16(2)24(10,11)31-20(30)23(8,9)18(28)13-21(4,5)19(29)26(12)14-25;1-11(20)17(6,7)24-14(23)16(4,5)12(21)9-15(2,3)13(22)19(8)10-18/h11-14H,15-16H2,1-10H3;13-14H2,1-12H3;9-10H2,1-8H3/b;16-15-;. The van der Waals surface area contributed by atoms with Crippen molar-refractivity contribution in [1.82, 2.24) is 14.7 Å². The molecule has 6 radical (unpaired) electrons. The van der Waals surface area contributed by atoms with E-state index in [2.05, 4.69) is 0 Å². The highest BCUT2D eigenvalue weighted by Crippen LogP contribution is 2.40. The number of Topliss-reactive ketones (excluding diaryl/α,β-unsaturated/α-hetero) is 6. The van der Waals surface area contributed by atoms with Gasteiger partial charge in [-0.3, -0.25) is 57.5 Å². The highest BCUT2D eigenvalue weighted by Gasteiger charge is 2.49. The van der Waals surface area contributed by atoms with Gasteiger partial charge in [0.25, 0.3) is 0 Å². The molecule has 0 saturated carbocycles. The smallest absolute Gasteiger partial charge is 0.320 e. The largest absolute Gasteiger partial charge is 0.454 e. The number of ketones is 6. The number of amides is 3. The predicted molar refractivity (Wildman–Crippen MR) is 345 cm³/mol. The van der Waals surface area contributed by atoms with Crippen LogP contribution in [0.4, 0.5) is 0 Å². The fourth-order valence-corrected chi connectivity index (χ4v) is 8.44. The maximum Gasteiger partial charge on any atom is 0.320 e. The SMILES string of the molecule is [B]CN(C)C(=O)C(C)(C)CC(=O)C(C)(C)C(=O)OC(C)(C)/C(C)=C(/C)C(C)(C)C(C)=O.[B]CN(C)C(=O)C(C)(C)CC(=O)C(C)(C)C(=O)OC(C)(C)C(C)=O.[B]CN(C)C(=O)C(C)(C)CC(=O)C(C)(C)C(=O)OC(C)(C)c1ccccc1C(C)(C)C(C)=O. The first-order valence-corrected chi connectivity index (χ1v) is 29.6. The van der Waals surface area contributed by atoms with Gasteiger partial charge in [-0.1, -0.05) is 71.4 Å². The Morgan fingerprint density at radius 3 is 0.898 bits per heavy atom. The van der Waals surface area contributed by atoms with Crippen molar-refractivity contribution in [3.05, 3.63) is 46.5 Å². The van der Waals surface area contributed by atoms with Gasteiger partial charge in [0, 0.05) is 51.2 Å². The van der Waals surface area contributed by atoms with Crippen molar-refractivity contribution >= 4 is 93.9 Å². The molecule has 1 rings (SSSR count). The normalized spacial score (nSPS) is 13.1. The van der Waals surface area contributed by atoms with E-state index < -0.39 is 89.6 Å². The maximum absolute atomic E-state index is 13.2. The van der Waals surface area contributed by atoms with Crippen molar-refractivity contribution in [2.24, 2.45) is 37.9 Å². The van der Waals surface area contributed by atoms with E-state index in [1.165, 1.54) is 90.9 Å². The molecule has 88 heavy (non-hydrogen) atoms. The molecule has 0 N–H and O–H groups in total. The van der Waals surface area contributed by atoms with Gasteiger partial charge >= 0.3 is 17.9 Å². The molecule has 0 heterocycles. The zero-order valence-corrected chi connectivity index (χ0v) is 59.2. The van der Waals surface area contributed by atoms with Gasteiger partial charge in [0.2, 0.25) is 17.7 Å². The zero-order chi connectivity index (χ0) is 70.7. The summed E-state index contributed by atoms with van der Waals surface area (Å²) in [6, 6.07) is 7.34. The number of benzene rings is 1. The Balaban J connectivity index is 0. The molecule has 0 aliphatic rings. The number of carbonyl (C=O) groups is 12. The van der Waals surface area contributed by atoms with E-state index in [0.29, 0.717) is 5.56 Å². The summed E-state index contributed by atoms with van der Waals surface area (Å²) in [7, 11) is 21.2. The molecule has 0 aliphatic carbocycles. The lowest BCUT2D eigenvalue weighted by Gasteiger charge is -2.36. The molecular formula is C67H106B3N3O15. The number of ether oxygens (including phenoxy) is 3. The molecule has 0 saturated heterocycles. The van der Waals surface area contributed by atoms with Gasteiger partial charge in [-0.15, -0.1) is 0 Å². The van der Waals surface area contributed by atoms with E-state index in [0.717, 1.165) is 16.7 Å². The van der Waals surface area contributed by atoms with Gasteiger partial charge in [-0.25, -0.2) is 0 Å². The summed E-state index contributed by atoms with van der Waals surface area (Å²) in [5.41, 5.74) is -9.26. The molecule has 1 aromatic carbocycles. The average molecular weight is 1230 g/mol. The van der Waals surface area contributed by atoms with Crippen molar-refractivity contribution in [3.63, 3.8) is 0 Å². The average Bonchev–Trinajstić information content (AvgIpc) is 0.974. The maximum atomic E-state index is 13.2. The molecule has 0 aliphatic heterocycles. The van der Waals surface area contributed by atoms with E-state index in [4.69, 9.17) is 37.7 Å². The van der Waals surface area contributed by atoms with Crippen molar-refractivity contribution in [2.45, 2.75) is 228 Å². The lowest BCUT2D eigenvalue weighted by atomic mass is 9.75. The fraction of sp³-hybridized carbons (Fsp3) is 0.701. The lowest BCUT2D eigenvalue weighted by Crippen LogP contribution is -2.46. The van der Waals surface area contributed by atoms with Crippen LogP contribution in [0.15, 0.2) is 35.4 Å². The van der Waals surface area contributed by atoms with E-state index in [9.17, 15) is 57.5 Å². The third-order valence-corrected chi connectivity index (χ3v) is 17.3. The Morgan fingerprint density at radius 1 is 0.364 bits per heavy atom. The molecule has 0 fully saturated rings. The Hall–Kier alpha value is -6.01. The van der Waals surface area contributed by atoms with Crippen LogP contribution in [0, 0.1) is 37.9 Å². The van der Waals surface area contributed by atoms with Crippen LogP contribution in [0.1, 0.15) is 217 Å². The molecule has 0 aromatic heterocycles. The zero-order valence-electron chi connectivity index (χ0n) is 59.2. The third-order valence-electron chi connectivity index (χ3n) is 17.3. The Bertz CT molecular complexity index is 2830. The van der Waals surface area contributed by atoms with E-state index >= 15 is 0 Å². The van der Waals surface area contributed by atoms with Crippen LogP contribution >= 0.6 is 0 Å². The van der Waals surface area contributed by atoms with Crippen molar-refractivity contribution in [2.75, 3.05) is 40.5 Å². The summed E-state index contributed by atoms with van der Waals surface area (Å²) in [5, 5.41) is 0. The third kappa shape index (κ3) is 21.3. The summed E-state index contributed by atoms with van der Waals surface area (Å²) < 4.78 is 16.9. The summed E-state index contributed by atoms with van der Waals surface area (Å²) in [4.78, 5) is 155. The van der Waals surface area contributed by atoms with Crippen LogP contribution in [0.2, 0.25) is 0 Å².